The van der Waals surface area contributed by atoms with Crippen LogP contribution >= 0.6 is 15.9 Å². The lowest BCUT2D eigenvalue weighted by molar-refractivity contribution is -0.121. The molecule has 0 bridgehead atoms. The van der Waals surface area contributed by atoms with E-state index in [2.05, 4.69) is 21.2 Å². The molecule has 0 fully saturated rings. The first-order valence-corrected chi connectivity index (χ1v) is 5.91. The van der Waals surface area contributed by atoms with Gasteiger partial charge in [0, 0.05) is 11.8 Å². The fourth-order valence-electron chi connectivity index (χ4n) is 1.27. The molecular weight excluding hydrogens is 258 g/mol. The molecule has 0 aromatic heterocycles. The highest BCUT2D eigenvalue weighted by molar-refractivity contribution is 9.09. The first-order valence-electron chi connectivity index (χ1n) is 4.79. The van der Waals surface area contributed by atoms with E-state index in [1.165, 1.54) is 0 Å². The molecule has 82 valence electrons. The van der Waals surface area contributed by atoms with Gasteiger partial charge < -0.3 is 10.4 Å². The molecule has 1 rings (SSSR count). The normalized spacial score (nSPS) is 12.1. The summed E-state index contributed by atoms with van der Waals surface area (Å²) in [6.45, 7) is -0.0853. The maximum absolute atomic E-state index is 11.3. The number of hydrogen-bond donors (Lipinski definition) is 2. The molecule has 0 saturated heterocycles. The van der Waals surface area contributed by atoms with Gasteiger partial charge >= 0.3 is 0 Å². The minimum Gasteiger partial charge on any atom is -0.394 e. The number of carbonyl (C=O) groups is 1. The molecular formula is C11H14BrNO2. The zero-order chi connectivity index (χ0) is 11.1. The van der Waals surface area contributed by atoms with Crippen LogP contribution in [-0.2, 0) is 4.79 Å². The molecule has 3 nitrogen and oxygen atoms in total. The summed E-state index contributed by atoms with van der Waals surface area (Å²) in [6, 6.07) is 9.13. The standard InChI is InChI=1S/C11H14BrNO2/c12-7-6-11(15)13-10(8-14)9-4-2-1-3-5-9/h1-5,10,14H,6-8H2,(H,13,15). The summed E-state index contributed by atoms with van der Waals surface area (Å²) < 4.78 is 0. The summed E-state index contributed by atoms with van der Waals surface area (Å²) in [7, 11) is 0. The summed E-state index contributed by atoms with van der Waals surface area (Å²) in [6.07, 6.45) is 0.420. The number of aliphatic hydroxyl groups excluding tert-OH is 1. The van der Waals surface area contributed by atoms with E-state index >= 15 is 0 Å². The van der Waals surface area contributed by atoms with Crippen LogP contribution in [0.4, 0.5) is 0 Å². The van der Waals surface area contributed by atoms with Gasteiger partial charge in [0.2, 0.25) is 5.91 Å². The van der Waals surface area contributed by atoms with Crippen LogP contribution in [-0.4, -0.2) is 23.0 Å². The van der Waals surface area contributed by atoms with Crippen LogP contribution < -0.4 is 5.32 Å². The van der Waals surface area contributed by atoms with Gasteiger partial charge in [0.25, 0.3) is 0 Å². The van der Waals surface area contributed by atoms with Crippen LogP contribution in [0.2, 0.25) is 0 Å². The fourth-order valence-corrected chi connectivity index (χ4v) is 1.63. The summed E-state index contributed by atoms with van der Waals surface area (Å²) >= 11 is 3.19. The van der Waals surface area contributed by atoms with E-state index < -0.39 is 0 Å². The maximum Gasteiger partial charge on any atom is 0.221 e. The highest BCUT2D eigenvalue weighted by atomic mass is 79.9. The number of halogens is 1. The van der Waals surface area contributed by atoms with Crippen LogP contribution in [0.1, 0.15) is 18.0 Å². The van der Waals surface area contributed by atoms with Gasteiger partial charge in [-0.15, -0.1) is 0 Å². The molecule has 0 aliphatic carbocycles. The first-order chi connectivity index (χ1) is 7.27. The number of alkyl halides is 1. The Morgan fingerprint density at radius 1 is 1.40 bits per heavy atom. The highest BCUT2D eigenvalue weighted by Gasteiger charge is 2.12. The van der Waals surface area contributed by atoms with Gasteiger partial charge in [-0.1, -0.05) is 46.3 Å². The lowest BCUT2D eigenvalue weighted by Crippen LogP contribution is -2.30. The Hall–Kier alpha value is -0.870. The summed E-state index contributed by atoms with van der Waals surface area (Å²) in [5.41, 5.74) is 0.919. The van der Waals surface area contributed by atoms with E-state index in [0.717, 1.165) is 5.56 Å². The molecule has 0 heterocycles. The number of nitrogens with one attached hydrogen (secondary N) is 1. The number of aliphatic hydroxyl groups is 1. The third-order valence-corrected chi connectivity index (χ3v) is 2.44. The minimum absolute atomic E-state index is 0.0604. The number of carbonyl (C=O) groups excluding carboxylic acids is 1. The summed E-state index contributed by atoms with van der Waals surface area (Å²) in [5, 5.41) is 12.6. The molecule has 0 aliphatic heterocycles. The number of benzene rings is 1. The summed E-state index contributed by atoms with van der Waals surface area (Å²) in [5.74, 6) is -0.0604. The topological polar surface area (TPSA) is 49.3 Å². The van der Waals surface area contributed by atoms with Crippen molar-refractivity contribution >= 4 is 21.8 Å². The van der Waals surface area contributed by atoms with Crippen LogP contribution in [0, 0.1) is 0 Å². The molecule has 4 heteroatoms. The van der Waals surface area contributed by atoms with Crippen molar-refractivity contribution in [1.29, 1.82) is 0 Å². The van der Waals surface area contributed by atoms with Crippen molar-refractivity contribution in [3.05, 3.63) is 35.9 Å². The van der Waals surface area contributed by atoms with E-state index in [9.17, 15) is 9.90 Å². The van der Waals surface area contributed by atoms with Crippen molar-refractivity contribution in [1.82, 2.24) is 5.32 Å². The zero-order valence-corrected chi connectivity index (χ0v) is 9.90. The Kier molecular flexibility index (Phi) is 5.36. The van der Waals surface area contributed by atoms with Gasteiger partial charge in [-0.05, 0) is 5.56 Å². The van der Waals surface area contributed by atoms with Gasteiger partial charge in [0.05, 0.1) is 12.6 Å². The van der Waals surface area contributed by atoms with E-state index in [1.54, 1.807) is 0 Å². The minimum atomic E-state index is -0.308. The lowest BCUT2D eigenvalue weighted by atomic mass is 10.1. The Labute approximate surface area is 97.6 Å². The third kappa shape index (κ3) is 4.01. The highest BCUT2D eigenvalue weighted by Crippen LogP contribution is 2.11. The lowest BCUT2D eigenvalue weighted by Gasteiger charge is -2.16. The van der Waals surface area contributed by atoms with Gasteiger partial charge in [0.1, 0.15) is 0 Å². The number of hydrogen-bond acceptors (Lipinski definition) is 2. The molecule has 0 spiro atoms. The Bertz CT molecular complexity index is 303. The zero-order valence-electron chi connectivity index (χ0n) is 8.32. The quantitative estimate of drug-likeness (QED) is 0.800. The first kappa shape index (κ1) is 12.2. The second-order valence-electron chi connectivity index (χ2n) is 3.15. The SMILES string of the molecule is O=C(CCBr)NC(CO)c1ccccc1. The van der Waals surface area contributed by atoms with Crippen LogP contribution in [0.15, 0.2) is 30.3 Å². The number of amides is 1. The van der Waals surface area contributed by atoms with Gasteiger partial charge in [-0.25, -0.2) is 0 Å². The van der Waals surface area contributed by atoms with E-state index in [-0.39, 0.29) is 18.6 Å². The van der Waals surface area contributed by atoms with Gasteiger partial charge in [-0.2, -0.15) is 0 Å². The van der Waals surface area contributed by atoms with Gasteiger partial charge in [-0.3, -0.25) is 4.79 Å². The largest absolute Gasteiger partial charge is 0.394 e. The second kappa shape index (κ2) is 6.58. The molecule has 1 unspecified atom stereocenters. The Balaban J connectivity index is 2.61. The molecule has 1 aromatic carbocycles. The molecule has 2 N–H and O–H groups in total. The van der Waals surface area contributed by atoms with Crippen LogP contribution in [0.25, 0.3) is 0 Å². The molecule has 0 saturated carbocycles. The average molecular weight is 272 g/mol. The smallest absolute Gasteiger partial charge is 0.221 e. The molecule has 1 amide bonds. The Morgan fingerprint density at radius 3 is 2.60 bits per heavy atom. The predicted molar refractivity (Wildman–Crippen MR) is 62.8 cm³/mol. The molecule has 1 atom stereocenters. The van der Waals surface area contributed by atoms with Gasteiger partial charge in [0.15, 0.2) is 0 Å². The fraction of sp³-hybridized carbons (Fsp3) is 0.364. The van der Waals surface area contributed by atoms with Crippen molar-refractivity contribution in [3.63, 3.8) is 0 Å². The van der Waals surface area contributed by atoms with Crippen molar-refractivity contribution in [2.45, 2.75) is 12.5 Å². The van der Waals surface area contributed by atoms with E-state index in [0.29, 0.717) is 11.8 Å². The Morgan fingerprint density at radius 2 is 2.07 bits per heavy atom. The molecule has 1 aromatic rings. The monoisotopic (exact) mass is 271 g/mol. The van der Waals surface area contributed by atoms with E-state index in [4.69, 9.17) is 0 Å². The third-order valence-electron chi connectivity index (χ3n) is 2.04. The summed E-state index contributed by atoms with van der Waals surface area (Å²) in [4.78, 5) is 11.3. The second-order valence-corrected chi connectivity index (χ2v) is 3.95. The molecule has 0 aliphatic rings. The molecule has 15 heavy (non-hydrogen) atoms. The predicted octanol–water partition coefficient (Wildman–Crippen LogP) is 1.62. The average Bonchev–Trinajstić information content (AvgIpc) is 2.27. The van der Waals surface area contributed by atoms with Crippen LogP contribution in [0.5, 0.6) is 0 Å². The number of rotatable bonds is 5. The van der Waals surface area contributed by atoms with Crippen molar-refractivity contribution in [3.8, 4) is 0 Å². The van der Waals surface area contributed by atoms with E-state index in [1.807, 2.05) is 30.3 Å². The maximum atomic E-state index is 11.3. The van der Waals surface area contributed by atoms with Crippen molar-refractivity contribution < 1.29 is 9.90 Å². The van der Waals surface area contributed by atoms with Crippen molar-refractivity contribution in [2.75, 3.05) is 11.9 Å². The van der Waals surface area contributed by atoms with Crippen LogP contribution in [0.3, 0.4) is 0 Å². The van der Waals surface area contributed by atoms with Crippen molar-refractivity contribution in [2.24, 2.45) is 0 Å². The molecule has 0 radical (unpaired) electrons.